The van der Waals surface area contributed by atoms with Gasteiger partial charge in [0.2, 0.25) is 5.91 Å². The van der Waals surface area contributed by atoms with Crippen LogP contribution in [0.3, 0.4) is 0 Å². The standard InChI is InChI=1S/C18H22N2O3/c21-12-10-20(11-13-22)14-18(23)19-17-9-5-4-8-16(17)15-6-2-1-3-7-15/h1-9,21-22H,10-14H2,(H,19,23). The van der Waals surface area contributed by atoms with E-state index < -0.39 is 0 Å². The van der Waals surface area contributed by atoms with Gasteiger partial charge in [0.1, 0.15) is 0 Å². The number of aliphatic hydroxyl groups is 2. The molecule has 0 fully saturated rings. The summed E-state index contributed by atoms with van der Waals surface area (Å²) in [5.41, 5.74) is 2.74. The molecule has 0 aliphatic heterocycles. The first-order valence-corrected chi connectivity index (χ1v) is 7.63. The van der Waals surface area contributed by atoms with Crippen molar-refractivity contribution in [2.45, 2.75) is 0 Å². The van der Waals surface area contributed by atoms with Gasteiger partial charge in [0, 0.05) is 24.3 Å². The second-order valence-corrected chi connectivity index (χ2v) is 5.18. The van der Waals surface area contributed by atoms with Crippen LogP contribution in [-0.2, 0) is 4.79 Å². The van der Waals surface area contributed by atoms with Crippen LogP contribution < -0.4 is 5.32 Å². The van der Waals surface area contributed by atoms with E-state index in [4.69, 9.17) is 10.2 Å². The van der Waals surface area contributed by atoms with E-state index >= 15 is 0 Å². The van der Waals surface area contributed by atoms with Gasteiger partial charge in [0.15, 0.2) is 0 Å². The van der Waals surface area contributed by atoms with Crippen molar-refractivity contribution in [1.29, 1.82) is 0 Å². The summed E-state index contributed by atoms with van der Waals surface area (Å²) in [6, 6.07) is 17.5. The fourth-order valence-electron chi connectivity index (χ4n) is 2.41. The molecule has 0 aliphatic rings. The Labute approximate surface area is 136 Å². The van der Waals surface area contributed by atoms with E-state index in [0.717, 1.165) is 16.8 Å². The summed E-state index contributed by atoms with van der Waals surface area (Å²) in [4.78, 5) is 13.9. The van der Waals surface area contributed by atoms with Crippen molar-refractivity contribution in [2.75, 3.05) is 38.2 Å². The predicted molar refractivity (Wildman–Crippen MR) is 91.1 cm³/mol. The number of rotatable bonds is 8. The maximum atomic E-state index is 12.2. The minimum atomic E-state index is -0.171. The first-order chi connectivity index (χ1) is 11.2. The third kappa shape index (κ3) is 5.17. The molecule has 0 heterocycles. The molecule has 2 aromatic carbocycles. The molecule has 0 spiro atoms. The lowest BCUT2D eigenvalue weighted by Gasteiger charge is -2.20. The molecule has 2 aromatic rings. The molecule has 3 N–H and O–H groups in total. The molecular weight excluding hydrogens is 292 g/mol. The summed E-state index contributed by atoms with van der Waals surface area (Å²) in [5.74, 6) is -0.171. The maximum absolute atomic E-state index is 12.2. The van der Waals surface area contributed by atoms with Gasteiger partial charge in [0.25, 0.3) is 0 Å². The molecule has 23 heavy (non-hydrogen) atoms. The van der Waals surface area contributed by atoms with E-state index in [-0.39, 0.29) is 25.7 Å². The molecule has 0 saturated heterocycles. The highest BCUT2D eigenvalue weighted by atomic mass is 16.3. The molecule has 5 nitrogen and oxygen atoms in total. The average Bonchev–Trinajstić information content (AvgIpc) is 2.56. The van der Waals surface area contributed by atoms with Gasteiger partial charge >= 0.3 is 0 Å². The zero-order valence-corrected chi connectivity index (χ0v) is 13.0. The van der Waals surface area contributed by atoms with Crippen LogP contribution in [0.15, 0.2) is 54.6 Å². The van der Waals surface area contributed by atoms with Crippen LogP contribution in [0.4, 0.5) is 5.69 Å². The number of amides is 1. The maximum Gasteiger partial charge on any atom is 0.238 e. The van der Waals surface area contributed by atoms with Crippen LogP contribution in [0.1, 0.15) is 0 Å². The summed E-state index contributed by atoms with van der Waals surface area (Å²) in [7, 11) is 0. The normalized spacial score (nSPS) is 10.7. The van der Waals surface area contributed by atoms with Crippen LogP contribution in [0, 0.1) is 0 Å². The smallest absolute Gasteiger partial charge is 0.238 e. The quantitative estimate of drug-likeness (QED) is 0.692. The van der Waals surface area contributed by atoms with Crippen molar-refractivity contribution in [3.05, 3.63) is 54.6 Å². The highest BCUT2D eigenvalue weighted by Gasteiger charge is 2.12. The SMILES string of the molecule is O=C(CN(CCO)CCO)Nc1ccccc1-c1ccccc1. The van der Waals surface area contributed by atoms with E-state index in [9.17, 15) is 4.79 Å². The number of hydrogen-bond donors (Lipinski definition) is 3. The van der Waals surface area contributed by atoms with Crippen LogP contribution in [-0.4, -0.2) is 53.9 Å². The second-order valence-electron chi connectivity index (χ2n) is 5.18. The number of para-hydroxylation sites is 1. The van der Waals surface area contributed by atoms with Gasteiger partial charge in [-0.15, -0.1) is 0 Å². The first-order valence-electron chi connectivity index (χ1n) is 7.63. The zero-order valence-electron chi connectivity index (χ0n) is 13.0. The van der Waals surface area contributed by atoms with Gasteiger partial charge in [-0.2, -0.15) is 0 Å². The largest absolute Gasteiger partial charge is 0.395 e. The molecule has 2 rings (SSSR count). The molecule has 0 atom stereocenters. The number of nitrogens with one attached hydrogen (secondary N) is 1. The van der Waals surface area contributed by atoms with Gasteiger partial charge < -0.3 is 15.5 Å². The molecule has 5 heteroatoms. The molecule has 0 aromatic heterocycles. The van der Waals surface area contributed by atoms with Crippen LogP contribution in [0.25, 0.3) is 11.1 Å². The molecule has 122 valence electrons. The van der Waals surface area contributed by atoms with Crippen LogP contribution >= 0.6 is 0 Å². The van der Waals surface area contributed by atoms with Gasteiger partial charge in [-0.05, 0) is 11.6 Å². The fourth-order valence-corrected chi connectivity index (χ4v) is 2.41. The van der Waals surface area contributed by atoms with E-state index in [1.807, 2.05) is 54.6 Å². The Morgan fingerprint density at radius 1 is 0.913 bits per heavy atom. The Morgan fingerprint density at radius 2 is 1.52 bits per heavy atom. The Kier molecular flexibility index (Phi) is 6.75. The lowest BCUT2D eigenvalue weighted by Crippen LogP contribution is -2.37. The third-order valence-corrected chi connectivity index (χ3v) is 3.49. The molecule has 0 radical (unpaired) electrons. The van der Waals surface area contributed by atoms with E-state index in [2.05, 4.69) is 5.32 Å². The van der Waals surface area contributed by atoms with Crippen molar-refractivity contribution in [3.8, 4) is 11.1 Å². The van der Waals surface area contributed by atoms with Crippen molar-refractivity contribution in [3.63, 3.8) is 0 Å². The average molecular weight is 314 g/mol. The highest BCUT2D eigenvalue weighted by molar-refractivity contribution is 5.96. The van der Waals surface area contributed by atoms with Crippen molar-refractivity contribution >= 4 is 11.6 Å². The third-order valence-electron chi connectivity index (χ3n) is 3.49. The van der Waals surface area contributed by atoms with Crippen LogP contribution in [0.2, 0.25) is 0 Å². The number of aliphatic hydroxyl groups excluding tert-OH is 2. The fraction of sp³-hybridized carbons (Fsp3) is 0.278. The van der Waals surface area contributed by atoms with Crippen molar-refractivity contribution < 1.29 is 15.0 Å². The van der Waals surface area contributed by atoms with Gasteiger partial charge in [0.05, 0.1) is 19.8 Å². The second kappa shape index (κ2) is 9.05. The van der Waals surface area contributed by atoms with E-state index in [1.165, 1.54) is 0 Å². The molecule has 0 aliphatic carbocycles. The first kappa shape index (κ1) is 17.1. The molecule has 1 amide bonds. The lowest BCUT2D eigenvalue weighted by atomic mass is 10.0. The number of hydrogen-bond acceptors (Lipinski definition) is 4. The van der Waals surface area contributed by atoms with Gasteiger partial charge in [-0.25, -0.2) is 0 Å². The monoisotopic (exact) mass is 314 g/mol. The summed E-state index contributed by atoms with van der Waals surface area (Å²) >= 11 is 0. The number of anilines is 1. The van der Waals surface area contributed by atoms with Crippen molar-refractivity contribution in [1.82, 2.24) is 4.90 Å². The number of carbonyl (C=O) groups is 1. The predicted octanol–water partition coefficient (Wildman–Crippen LogP) is 1.58. The van der Waals surface area contributed by atoms with Gasteiger partial charge in [-0.3, -0.25) is 9.69 Å². The zero-order chi connectivity index (χ0) is 16.5. The topological polar surface area (TPSA) is 72.8 Å². The Bertz CT molecular complexity index is 611. The molecule has 0 saturated carbocycles. The highest BCUT2D eigenvalue weighted by Crippen LogP contribution is 2.27. The summed E-state index contributed by atoms with van der Waals surface area (Å²) < 4.78 is 0. The minimum Gasteiger partial charge on any atom is -0.395 e. The summed E-state index contributed by atoms with van der Waals surface area (Å²) in [6.45, 7) is 0.745. The molecule has 0 bridgehead atoms. The van der Waals surface area contributed by atoms with E-state index in [1.54, 1.807) is 4.90 Å². The number of benzene rings is 2. The number of nitrogens with zero attached hydrogens (tertiary/aromatic N) is 1. The summed E-state index contributed by atoms with van der Waals surface area (Å²) in [5, 5.41) is 20.9. The Hall–Kier alpha value is -2.21. The minimum absolute atomic E-state index is 0.0477. The van der Waals surface area contributed by atoms with E-state index in [0.29, 0.717) is 13.1 Å². The lowest BCUT2D eigenvalue weighted by molar-refractivity contribution is -0.117. The summed E-state index contributed by atoms with van der Waals surface area (Å²) in [6.07, 6.45) is 0. The van der Waals surface area contributed by atoms with Gasteiger partial charge in [-0.1, -0.05) is 48.5 Å². The molecule has 0 unspecified atom stereocenters. The number of carbonyl (C=O) groups excluding carboxylic acids is 1. The molecular formula is C18H22N2O3. The Balaban J connectivity index is 2.09. The van der Waals surface area contributed by atoms with Crippen molar-refractivity contribution in [2.24, 2.45) is 0 Å². The Morgan fingerprint density at radius 3 is 2.17 bits per heavy atom. The van der Waals surface area contributed by atoms with Crippen LogP contribution in [0.5, 0.6) is 0 Å².